The summed E-state index contributed by atoms with van der Waals surface area (Å²) >= 11 is 7.08. The van der Waals surface area contributed by atoms with E-state index in [9.17, 15) is 9.59 Å². The number of aromatic nitrogens is 3. The highest BCUT2D eigenvalue weighted by atomic mass is 35.5. The quantitative estimate of drug-likeness (QED) is 0.416. The molecule has 1 N–H and O–H groups in total. The van der Waals surface area contributed by atoms with Crippen molar-refractivity contribution in [2.24, 2.45) is 0 Å². The summed E-state index contributed by atoms with van der Waals surface area (Å²) < 4.78 is 5.49. The monoisotopic (exact) mass is 450 g/mol. The molecule has 4 rings (SSSR count). The zero-order chi connectivity index (χ0) is 21.6. The number of halogens is 1. The van der Waals surface area contributed by atoms with Crippen LogP contribution in [0.1, 0.15) is 15.9 Å². The van der Waals surface area contributed by atoms with E-state index in [4.69, 9.17) is 16.3 Å². The van der Waals surface area contributed by atoms with Gasteiger partial charge < -0.3 is 4.74 Å². The van der Waals surface area contributed by atoms with Gasteiger partial charge in [-0.25, -0.2) is 0 Å². The van der Waals surface area contributed by atoms with E-state index in [1.807, 2.05) is 18.2 Å². The maximum Gasteiger partial charge on any atom is 0.264 e. The van der Waals surface area contributed by atoms with Gasteiger partial charge in [0.25, 0.3) is 5.91 Å². The van der Waals surface area contributed by atoms with Crippen LogP contribution in [0.4, 0.5) is 5.13 Å². The lowest BCUT2D eigenvalue weighted by atomic mass is 10.0. The Morgan fingerprint density at radius 1 is 0.935 bits per heavy atom. The number of carbonyl (C=O) groups excluding carboxylic acids is 2. The number of nitrogens with one attached hydrogen (secondary N) is 1. The summed E-state index contributed by atoms with van der Waals surface area (Å²) in [7, 11) is 0. The molecule has 2 aromatic heterocycles. The Morgan fingerprint density at radius 3 is 2.32 bits per heavy atom. The van der Waals surface area contributed by atoms with Crippen LogP contribution in [0.2, 0.25) is 5.02 Å². The van der Waals surface area contributed by atoms with Gasteiger partial charge in [0.15, 0.2) is 17.4 Å². The number of carbonyl (C=O) groups is 2. The Labute approximate surface area is 186 Å². The molecule has 31 heavy (non-hydrogen) atoms. The van der Waals surface area contributed by atoms with Gasteiger partial charge in [0.1, 0.15) is 11.4 Å². The highest BCUT2D eigenvalue weighted by Crippen LogP contribution is 2.24. The number of rotatable bonds is 7. The van der Waals surface area contributed by atoms with Crippen LogP contribution in [-0.2, 0) is 4.79 Å². The molecule has 0 aliphatic carbocycles. The number of benzene rings is 2. The van der Waals surface area contributed by atoms with Crippen LogP contribution in [0.3, 0.4) is 0 Å². The summed E-state index contributed by atoms with van der Waals surface area (Å²) in [6, 6.07) is 18.7. The molecule has 0 radical (unpaired) electrons. The van der Waals surface area contributed by atoms with Crippen LogP contribution in [0.15, 0.2) is 72.9 Å². The lowest BCUT2D eigenvalue weighted by Gasteiger charge is -2.07. The summed E-state index contributed by atoms with van der Waals surface area (Å²) in [6.45, 7) is -0.205. The number of hydrogen-bond donors (Lipinski definition) is 1. The second-order valence-corrected chi connectivity index (χ2v) is 7.74. The van der Waals surface area contributed by atoms with Crippen LogP contribution >= 0.6 is 22.9 Å². The minimum Gasteiger partial charge on any atom is -0.484 e. The number of anilines is 1. The van der Waals surface area contributed by atoms with Crippen molar-refractivity contribution in [2.45, 2.75) is 0 Å². The molecule has 0 aliphatic rings. The number of pyridine rings is 1. The average molecular weight is 451 g/mol. The van der Waals surface area contributed by atoms with Crippen LogP contribution in [-0.4, -0.2) is 33.5 Å². The number of hydrogen-bond acceptors (Lipinski definition) is 7. The van der Waals surface area contributed by atoms with Gasteiger partial charge in [0.2, 0.25) is 5.13 Å². The Kier molecular flexibility index (Phi) is 6.30. The highest BCUT2D eigenvalue weighted by Gasteiger charge is 2.12. The Balaban J connectivity index is 1.31. The molecule has 0 saturated carbocycles. The van der Waals surface area contributed by atoms with E-state index in [1.165, 1.54) is 11.3 Å². The Hall–Kier alpha value is -3.62. The summed E-state index contributed by atoms with van der Waals surface area (Å²) in [5.74, 6) is -0.0276. The fourth-order valence-corrected chi connectivity index (χ4v) is 3.50. The van der Waals surface area contributed by atoms with E-state index in [1.54, 1.807) is 54.7 Å². The van der Waals surface area contributed by atoms with Gasteiger partial charge >= 0.3 is 0 Å². The molecule has 0 atom stereocenters. The molecular weight excluding hydrogens is 436 g/mol. The van der Waals surface area contributed by atoms with Crippen molar-refractivity contribution >= 4 is 39.8 Å². The minimum atomic E-state index is -0.370. The van der Waals surface area contributed by atoms with Crippen LogP contribution in [0, 0.1) is 0 Å². The van der Waals surface area contributed by atoms with E-state index in [0.29, 0.717) is 37.7 Å². The van der Waals surface area contributed by atoms with E-state index >= 15 is 0 Å². The second kappa shape index (κ2) is 9.46. The molecule has 4 aromatic rings. The first-order valence-corrected chi connectivity index (χ1v) is 10.4. The zero-order valence-corrected chi connectivity index (χ0v) is 17.6. The topological polar surface area (TPSA) is 94.1 Å². The predicted molar refractivity (Wildman–Crippen MR) is 119 cm³/mol. The van der Waals surface area contributed by atoms with E-state index in [0.717, 1.165) is 0 Å². The van der Waals surface area contributed by atoms with Gasteiger partial charge in [-0.2, -0.15) is 0 Å². The first kappa shape index (κ1) is 20.6. The maximum absolute atomic E-state index is 12.5. The van der Waals surface area contributed by atoms with E-state index in [2.05, 4.69) is 20.5 Å². The van der Waals surface area contributed by atoms with Crippen LogP contribution < -0.4 is 10.1 Å². The third kappa shape index (κ3) is 5.30. The summed E-state index contributed by atoms with van der Waals surface area (Å²) in [6.07, 6.45) is 1.66. The molecule has 0 aliphatic heterocycles. The van der Waals surface area contributed by atoms with Crippen molar-refractivity contribution in [3.63, 3.8) is 0 Å². The van der Waals surface area contributed by atoms with Crippen molar-refractivity contribution in [2.75, 3.05) is 11.9 Å². The Morgan fingerprint density at radius 2 is 1.65 bits per heavy atom. The number of nitrogens with zero attached hydrogens (tertiary/aromatic N) is 3. The van der Waals surface area contributed by atoms with Gasteiger partial charge in [-0.05, 0) is 60.7 Å². The van der Waals surface area contributed by atoms with Crippen molar-refractivity contribution < 1.29 is 14.3 Å². The van der Waals surface area contributed by atoms with Gasteiger partial charge in [-0.3, -0.25) is 19.9 Å². The fraction of sp³-hybridized carbons (Fsp3) is 0.0455. The third-order valence-corrected chi connectivity index (χ3v) is 5.26. The van der Waals surface area contributed by atoms with Gasteiger partial charge in [-0.1, -0.05) is 29.0 Å². The smallest absolute Gasteiger partial charge is 0.264 e. The van der Waals surface area contributed by atoms with Crippen molar-refractivity contribution in [1.29, 1.82) is 0 Å². The summed E-state index contributed by atoms with van der Waals surface area (Å²) in [5, 5.41) is 12.2. The zero-order valence-electron chi connectivity index (χ0n) is 16.0. The van der Waals surface area contributed by atoms with Crippen molar-refractivity contribution in [1.82, 2.24) is 15.2 Å². The highest BCUT2D eigenvalue weighted by molar-refractivity contribution is 7.18. The standard InChI is InChI=1S/C22H15ClN4O3S/c23-16-8-4-14(5-9-16)20(29)15-6-10-17(11-7-15)30-13-19(28)25-22-27-26-21(31-22)18-3-1-2-12-24-18/h1-12H,13H2,(H,25,27,28). The molecule has 154 valence electrons. The number of ether oxygens (including phenoxy) is 1. The molecule has 9 heteroatoms. The molecule has 2 aromatic carbocycles. The molecule has 0 spiro atoms. The van der Waals surface area contributed by atoms with E-state index in [-0.39, 0.29) is 18.3 Å². The largest absolute Gasteiger partial charge is 0.484 e. The lowest BCUT2D eigenvalue weighted by molar-refractivity contribution is -0.118. The molecule has 0 unspecified atom stereocenters. The Bertz CT molecular complexity index is 1200. The lowest BCUT2D eigenvalue weighted by Crippen LogP contribution is -2.20. The van der Waals surface area contributed by atoms with Crippen molar-refractivity contribution in [3.05, 3.63) is 89.1 Å². The predicted octanol–water partition coefficient (Wildman–Crippen LogP) is 4.50. The average Bonchev–Trinajstić information content (AvgIpc) is 3.27. The molecule has 0 fully saturated rings. The second-order valence-electron chi connectivity index (χ2n) is 6.32. The molecular formula is C22H15ClN4O3S. The SMILES string of the molecule is O=C(COc1ccc(C(=O)c2ccc(Cl)cc2)cc1)Nc1nnc(-c2ccccn2)s1. The van der Waals surface area contributed by atoms with Crippen LogP contribution in [0.25, 0.3) is 10.7 Å². The van der Waals surface area contributed by atoms with E-state index < -0.39 is 0 Å². The van der Waals surface area contributed by atoms with Crippen molar-refractivity contribution in [3.8, 4) is 16.5 Å². The van der Waals surface area contributed by atoms with Gasteiger partial charge in [0.05, 0.1) is 0 Å². The summed E-state index contributed by atoms with van der Waals surface area (Å²) in [5.41, 5.74) is 1.74. The first-order valence-electron chi connectivity index (χ1n) is 9.16. The first-order chi connectivity index (χ1) is 15.1. The molecule has 0 saturated heterocycles. The summed E-state index contributed by atoms with van der Waals surface area (Å²) in [4.78, 5) is 28.8. The normalized spacial score (nSPS) is 10.5. The van der Waals surface area contributed by atoms with Gasteiger partial charge in [0, 0.05) is 22.3 Å². The third-order valence-electron chi connectivity index (χ3n) is 4.15. The van der Waals surface area contributed by atoms with Gasteiger partial charge in [-0.15, -0.1) is 10.2 Å². The molecule has 2 heterocycles. The number of amides is 1. The molecule has 0 bridgehead atoms. The fourth-order valence-electron chi connectivity index (χ4n) is 2.64. The minimum absolute atomic E-state index is 0.124. The van der Waals surface area contributed by atoms with Crippen LogP contribution in [0.5, 0.6) is 5.75 Å². The molecule has 1 amide bonds. The number of ketones is 1. The molecule has 7 nitrogen and oxygen atoms in total. The maximum atomic E-state index is 12.5.